The number of ether oxygens (including phenoxy) is 1. The molecule has 0 saturated heterocycles. The first-order valence-corrected chi connectivity index (χ1v) is 5.91. The zero-order valence-corrected chi connectivity index (χ0v) is 11.1. The quantitative estimate of drug-likeness (QED) is 0.663. The highest BCUT2D eigenvalue weighted by atomic mass is 19.4. The van der Waals surface area contributed by atoms with Gasteiger partial charge >= 0.3 is 6.18 Å². The summed E-state index contributed by atoms with van der Waals surface area (Å²) in [6.07, 6.45) is -5.52. The summed E-state index contributed by atoms with van der Waals surface area (Å²) in [5, 5.41) is 10.6. The van der Waals surface area contributed by atoms with Gasteiger partial charge in [-0.15, -0.1) is 0 Å². The first kappa shape index (κ1) is 15.1. The number of rotatable bonds is 3. The van der Waals surface area contributed by atoms with Crippen molar-refractivity contribution in [3.05, 3.63) is 45.1 Å². The topological polar surface area (TPSA) is 76.4 Å². The van der Waals surface area contributed by atoms with Crippen molar-refractivity contribution in [1.29, 1.82) is 0 Å². The molecule has 1 aliphatic rings. The maximum absolute atomic E-state index is 13.0. The zero-order chi connectivity index (χ0) is 15.8. The number of alkyl halides is 3. The van der Waals surface area contributed by atoms with Gasteiger partial charge in [-0.3, -0.25) is 10.1 Å². The molecule has 21 heavy (non-hydrogen) atoms. The monoisotopic (exact) mass is 303 g/mol. The number of nitrogens with one attached hydrogen (secondary N) is 2. The molecule has 9 heteroatoms. The number of nitrogens with zero attached hydrogens (tertiary/aromatic N) is 1. The fraction of sp³-hybridized carbons (Fsp3) is 0.333. The lowest BCUT2D eigenvalue weighted by molar-refractivity contribution is -0.385. The molecule has 1 aromatic rings. The van der Waals surface area contributed by atoms with Crippen LogP contribution in [0.1, 0.15) is 19.4 Å². The predicted octanol–water partition coefficient (Wildman–Crippen LogP) is 2.72. The minimum atomic E-state index is -4.75. The van der Waals surface area contributed by atoms with Gasteiger partial charge < -0.3 is 10.2 Å². The molecule has 2 N–H and O–H groups in total. The van der Waals surface area contributed by atoms with Crippen LogP contribution < -0.4 is 15.6 Å². The number of benzene rings is 1. The third kappa shape index (κ3) is 3.07. The molecule has 0 aromatic heterocycles. The molecule has 0 spiro atoms. The van der Waals surface area contributed by atoms with E-state index in [1.165, 1.54) is 0 Å². The highest BCUT2D eigenvalue weighted by molar-refractivity contribution is 5.45. The maximum atomic E-state index is 13.0. The minimum absolute atomic E-state index is 0.462. The second-order valence-corrected chi connectivity index (χ2v) is 4.51. The summed E-state index contributed by atoms with van der Waals surface area (Å²) in [5.41, 5.74) is 5.03. The number of hydrogen-bond acceptors (Lipinski definition) is 5. The van der Waals surface area contributed by atoms with E-state index in [1.54, 1.807) is 13.8 Å². The lowest BCUT2D eigenvalue weighted by atomic mass is 10.1. The van der Waals surface area contributed by atoms with Gasteiger partial charge in [-0.25, -0.2) is 0 Å². The minimum Gasteiger partial charge on any atom is -0.469 e. The van der Waals surface area contributed by atoms with Crippen LogP contribution in [0.5, 0.6) is 5.75 Å². The first-order valence-electron chi connectivity index (χ1n) is 5.91. The van der Waals surface area contributed by atoms with Crippen LogP contribution >= 0.6 is 0 Å². The van der Waals surface area contributed by atoms with Gasteiger partial charge in [-0.05, 0) is 19.9 Å². The fourth-order valence-corrected chi connectivity index (χ4v) is 1.78. The normalized spacial score (nSPS) is 18.6. The molecule has 6 nitrogen and oxygen atoms in total. The van der Waals surface area contributed by atoms with Crippen molar-refractivity contribution < 1.29 is 22.8 Å². The van der Waals surface area contributed by atoms with Crippen molar-refractivity contribution in [1.82, 2.24) is 10.9 Å². The van der Waals surface area contributed by atoms with Crippen molar-refractivity contribution in [2.24, 2.45) is 0 Å². The van der Waals surface area contributed by atoms with Crippen LogP contribution in [-0.2, 0) is 6.18 Å². The molecule has 0 amide bonds. The smallest absolute Gasteiger partial charge is 0.420 e. The Balaban J connectivity index is 2.37. The van der Waals surface area contributed by atoms with Crippen LogP contribution in [0.2, 0.25) is 0 Å². The van der Waals surface area contributed by atoms with Crippen LogP contribution in [0.25, 0.3) is 0 Å². The molecule has 1 unspecified atom stereocenters. The van der Waals surface area contributed by atoms with Gasteiger partial charge in [-0.2, -0.15) is 18.6 Å². The second-order valence-electron chi connectivity index (χ2n) is 4.51. The van der Waals surface area contributed by atoms with Gasteiger partial charge in [0.05, 0.1) is 4.92 Å². The molecule has 0 fully saturated rings. The number of nitro benzene ring substituents is 1. The Hall–Kier alpha value is -2.29. The Morgan fingerprint density at radius 2 is 2.00 bits per heavy atom. The summed E-state index contributed by atoms with van der Waals surface area (Å²) in [6.45, 7) is 3.44. The molecule has 1 aromatic carbocycles. The SMILES string of the molecule is CC1=C(C)C(Oc2ccc([N+](=O)[O-])cc2C(F)(F)F)NN1. The van der Waals surface area contributed by atoms with E-state index in [0.29, 0.717) is 11.6 Å². The van der Waals surface area contributed by atoms with Crippen molar-refractivity contribution in [2.45, 2.75) is 26.3 Å². The zero-order valence-electron chi connectivity index (χ0n) is 11.1. The number of nitro groups is 1. The van der Waals surface area contributed by atoms with Crippen LogP contribution in [0.15, 0.2) is 29.5 Å². The fourth-order valence-electron chi connectivity index (χ4n) is 1.78. The van der Waals surface area contributed by atoms with E-state index in [2.05, 4.69) is 10.9 Å². The molecule has 0 saturated carbocycles. The van der Waals surface area contributed by atoms with Crippen molar-refractivity contribution in [3.8, 4) is 5.75 Å². The number of hydrogen-bond donors (Lipinski definition) is 2. The summed E-state index contributed by atoms with van der Waals surface area (Å²) in [4.78, 5) is 9.71. The van der Waals surface area contributed by atoms with E-state index >= 15 is 0 Å². The van der Waals surface area contributed by atoms with Gasteiger partial charge in [0.25, 0.3) is 5.69 Å². The Labute approximate surface area is 117 Å². The molecule has 2 rings (SSSR count). The van der Waals surface area contributed by atoms with Crippen LogP contribution in [-0.4, -0.2) is 11.2 Å². The van der Waals surface area contributed by atoms with Gasteiger partial charge in [0.15, 0.2) is 6.23 Å². The number of allylic oxidation sites excluding steroid dienone is 1. The molecule has 0 aliphatic carbocycles. The standard InChI is InChI=1S/C12H12F3N3O3/c1-6-7(2)16-17-11(6)21-10-4-3-8(18(19)20)5-9(10)12(13,14)15/h3-5,11,16-17H,1-2H3. The van der Waals surface area contributed by atoms with Crippen LogP contribution in [0.3, 0.4) is 0 Å². The molecule has 1 heterocycles. The highest BCUT2D eigenvalue weighted by Crippen LogP contribution is 2.39. The van der Waals surface area contributed by atoms with E-state index in [9.17, 15) is 23.3 Å². The summed E-state index contributed by atoms with van der Waals surface area (Å²) in [7, 11) is 0. The number of non-ortho nitro benzene ring substituents is 1. The molecular formula is C12H12F3N3O3. The number of hydrazine groups is 1. The molecule has 0 bridgehead atoms. The van der Waals surface area contributed by atoms with Crippen LogP contribution in [0.4, 0.5) is 18.9 Å². The molecule has 0 radical (unpaired) electrons. The Kier molecular flexibility index (Phi) is 3.77. The molecule has 114 valence electrons. The maximum Gasteiger partial charge on any atom is 0.420 e. The third-order valence-electron chi connectivity index (χ3n) is 3.10. The Morgan fingerprint density at radius 3 is 2.48 bits per heavy atom. The van der Waals surface area contributed by atoms with E-state index in [0.717, 1.165) is 17.8 Å². The van der Waals surface area contributed by atoms with E-state index < -0.39 is 34.3 Å². The largest absolute Gasteiger partial charge is 0.469 e. The van der Waals surface area contributed by atoms with E-state index in [-0.39, 0.29) is 0 Å². The lowest BCUT2D eigenvalue weighted by Crippen LogP contribution is -2.37. The molecule has 1 atom stereocenters. The van der Waals surface area contributed by atoms with Crippen molar-refractivity contribution in [2.75, 3.05) is 0 Å². The average molecular weight is 303 g/mol. The van der Waals surface area contributed by atoms with Gasteiger partial charge in [0.2, 0.25) is 0 Å². The lowest BCUT2D eigenvalue weighted by Gasteiger charge is -2.18. The molecule has 1 aliphatic heterocycles. The van der Waals surface area contributed by atoms with Crippen molar-refractivity contribution in [3.63, 3.8) is 0 Å². The summed E-state index contributed by atoms with van der Waals surface area (Å²) < 4.78 is 44.2. The average Bonchev–Trinajstić information content (AvgIpc) is 2.69. The van der Waals surface area contributed by atoms with E-state index in [4.69, 9.17) is 4.74 Å². The summed E-state index contributed by atoms with van der Waals surface area (Å²) >= 11 is 0. The first-order chi connectivity index (χ1) is 9.70. The number of halogens is 3. The van der Waals surface area contributed by atoms with Gasteiger partial charge in [-0.1, -0.05) is 0 Å². The third-order valence-corrected chi connectivity index (χ3v) is 3.10. The predicted molar refractivity (Wildman–Crippen MR) is 67.2 cm³/mol. The van der Waals surface area contributed by atoms with Gasteiger partial charge in [0.1, 0.15) is 11.3 Å². The molecular weight excluding hydrogens is 291 g/mol. The second kappa shape index (κ2) is 5.24. The van der Waals surface area contributed by atoms with Crippen LogP contribution in [0, 0.1) is 10.1 Å². The highest BCUT2D eigenvalue weighted by Gasteiger charge is 2.37. The van der Waals surface area contributed by atoms with E-state index in [1.807, 2.05) is 0 Å². The van der Waals surface area contributed by atoms with Gasteiger partial charge in [0, 0.05) is 23.4 Å². The Bertz CT molecular complexity index is 614. The summed E-state index contributed by atoms with van der Waals surface area (Å²) in [6, 6.07) is 2.38. The van der Waals surface area contributed by atoms with Crippen molar-refractivity contribution >= 4 is 5.69 Å². The summed E-state index contributed by atoms with van der Waals surface area (Å²) in [5.74, 6) is -0.471. The Morgan fingerprint density at radius 1 is 1.33 bits per heavy atom.